The Morgan fingerprint density at radius 3 is 2.78 bits per heavy atom. The maximum absolute atomic E-state index is 12.9. The van der Waals surface area contributed by atoms with Crippen LogP contribution < -0.4 is 14.8 Å². The fraction of sp³-hybridized carbons (Fsp3) is 0.286. The number of hydrogen-bond acceptors (Lipinski definition) is 3. The third kappa shape index (κ3) is 3.23. The summed E-state index contributed by atoms with van der Waals surface area (Å²) in [5, 5.41) is 4.47. The number of hydrogen-bond donors (Lipinski definition) is 1. The van der Waals surface area contributed by atoms with Crippen molar-refractivity contribution in [2.45, 2.75) is 32.5 Å². The highest BCUT2D eigenvalue weighted by atomic mass is 35.5. The molecule has 0 bridgehead atoms. The average Bonchev–Trinajstić information content (AvgIpc) is 3.10. The molecule has 2 heterocycles. The van der Waals surface area contributed by atoms with Crippen molar-refractivity contribution in [2.24, 2.45) is 0 Å². The molecule has 0 spiro atoms. The molecular formula is C21H21ClN2O3. The van der Waals surface area contributed by atoms with Gasteiger partial charge in [0.15, 0.2) is 0 Å². The second-order valence-corrected chi connectivity index (χ2v) is 7.03. The Morgan fingerprint density at radius 1 is 1.30 bits per heavy atom. The molecule has 1 aromatic heterocycles. The Hall–Kier alpha value is -2.66. The Bertz CT molecular complexity index is 995. The topological polar surface area (TPSA) is 52.5 Å². The summed E-state index contributed by atoms with van der Waals surface area (Å²) >= 11 is 6.36. The number of aromatic nitrogens is 1. The Kier molecular flexibility index (Phi) is 4.70. The van der Waals surface area contributed by atoms with Gasteiger partial charge in [0.2, 0.25) is 0 Å². The number of halogens is 1. The molecule has 4 rings (SSSR count). The zero-order valence-electron chi connectivity index (χ0n) is 15.3. The maximum atomic E-state index is 12.9. The number of amides is 1. The van der Waals surface area contributed by atoms with E-state index in [9.17, 15) is 4.79 Å². The van der Waals surface area contributed by atoms with Crippen molar-refractivity contribution in [3.63, 3.8) is 0 Å². The summed E-state index contributed by atoms with van der Waals surface area (Å²) in [5.41, 5.74) is 2.50. The van der Waals surface area contributed by atoms with Crippen molar-refractivity contribution in [3.8, 4) is 11.5 Å². The lowest BCUT2D eigenvalue weighted by atomic mass is 10.2. The van der Waals surface area contributed by atoms with E-state index in [-0.39, 0.29) is 12.0 Å². The van der Waals surface area contributed by atoms with Gasteiger partial charge in [-0.05, 0) is 42.3 Å². The van der Waals surface area contributed by atoms with Gasteiger partial charge in [0.25, 0.3) is 5.91 Å². The summed E-state index contributed by atoms with van der Waals surface area (Å²) in [5.74, 6) is 1.45. The number of nitrogens with zero attached hydrogens (tertiary/aromatic N) is 1. The van der Waals surface area contributed by atoms with Crippen LogP contribution in [0.15, 0.2) is 42.5 Å². The molecule has 6 heteroatoms. The highest BCUT2D eigenvalue weighted by Crippen LogP contribution is 2.38. The third-order valence-electron chi connectivity index (χ3n) is 4.95. The minimum absolute atomic E-state index is 0.0439. The predicted octanol–water partition coefficient (Wildman–Crippen LogP) is 4.40. The second-order valence-electron chi connectivity index (χ2n) is 6.63. The first-order valence-electron chi connectivity index (χ1n) is 9.00. The van der Waals surface area contributed by atoms with Gasteiger partial charge in [0.1, 0.15) is 23.3 Å². The quantitative estimate of drug-likeness (QED) is 0.709. The van der Waals surface area contributed by atoms with E-state index < -0.39 is 0 Å². The van der Waals surface area contributed by atoms with Crippen LogP contribution in [0.5, 0.6) is 11.5 Å². The summed E-state index contributed by atoms with van der Waals surface area (Å²) < 4.78 is 13.2. The standard InChI is InChI=1S/C21H21ClN2O3/c1-3-14-12-24-18(10-16-17(22)8-9-19(27-14)20(16)24)21(25)23-11-13-4-6-15(26-2)7-5-13/h4-10,14H,3,11-12H2,1-2H3,(H,23,25)/t14-/m1/s1. The van der Waals surface area contributed by atoms with E-state index in [1.54, 1.807) is 7.11 Å². The van der Waals surface area contributed by atoms with E-state index in [0.29, 0.717) is 23.8 Å². The lowest BCUT2D eigenvalue weighted by Gasteiger charge is -2.26. The first kappa shape index (κ1) is 17.7. The van der Waals surface area contributed by atoms with Crippen LogP contribution in [0.25, 0.3) is 10.9 Å². The van der Waals surface area contributed by atoms with E-state index in [1.165, 1.54) is 0 Å². The molecule has 0 fully saturated rings. The molecule has 0 saturated carbocycles. The molecule has 1 aliphatic heterocycles. The fourth-order valence-electron chi connectivity index (χ4n) is 3.44. The lowest BCUT2D eigenvalue weighted by Crippen LogP contribution is -2.31. The average molecular weight is 385 g/mol. The van der Waals surface area contributed by atoms with Gasteiger partial charge in [0, 0.05) is 11.9 Å². The summed E-state index contributed by atoms with van der Waals surface area (Å²) in [6.45, 7) is 3.16. The highest BCUT2D eigenvalue weighted by Gasteiger charge is 2.26. The van der Waals surface area contributed by atoms with Crippen molar-refractivity contribution < 1.29 is 14.3 Å². The van der Waals surface area contributed by atoms with Gasteiger partial charge < -0.3 is 19.4 Å². The van der Waals surface area contributed by atoms with Gasteiger partial charge in [-0.2, -0.15) is 0 Å². The zero-order chi connectivity index (χ0) is 19.0. The normalized spacial score (nSPS) is 15.4. The van der Waals surface area contributed by atoms with Gasteiger partial charge in [-0.3, -0.25) is 4.79 Å². The molecule has 3 aromatic rings. The molecule has 1 N–H and O–H groups in total. The number of rotatable bonds is 5. The molecule has 0 aliphatic carbocycles. The molecule has 1 amide bonds. The minimum Gasteiger partial charge on any atom is -0.497 e. The predicted molar refractivity (Wildman–Crippen MR) is 106 cm³/mol. The number of carbonyl (C=O) groups excluding carboxylic acids is 1. The summed E-state index contributed by atoms with van der Waals surface area (Å²) in [7, 11) is 1.63. The first-order chi connectivity index (χ1) is 13.1. The van der Waals surface area contributed by atoms with Gasteiger partial charge in [-0.1, -0.05) is 30.7 Å². The Balaban J connectivity index is 1.62. The van der Waals surface area contributed by atoms with Crippen LogP contribution in [0.4, 0.5) is 0 Å². The van der Waals surface area contributed by atoms with Crippen molar-refractivity contribution in [3.05, 3.63) is 58.7 Å². The van der Waals surface area contributed by atoms with Gasteiger partial charge in [-0.15, -0.1) is 0 Å². The smallest absolute Gasteiger partial charge is 0.268 e. The van der Waals surface area contributed by atoms with E-state index >= 15 is 0 Å². The first-order valence-corrected chi connectivity index (χ1v) is 9.38. The molecule has 1 atom stereocenters. The monoisotopic (exact) mass is 384 g/mol. The number of benzene rings is 2. The second kappa shape index (κ2) is 7.16. The van der Waals surface area contributed by atoms with Crippen molar-refractivity contribution in [1.82, 2.24) is 9.88 Å². The Labute approximate surface area is 162 Å². The van der Waals surface area contributed by atoms with Crippen LogP contribution >= 0.6 is 11.6 Å². The SMILES string of the molecule is CC[C@@H]1Cn2c(C(=O)NCc3ccc(OC)cc3)cc3c(Cl)ccc(c32)O1. The molecule has 27 heavy (non-hydrogen) atoms. The molecule has 1 aliphatic rings. The summed E-state index contributed by atoms with van der Waals surface area (Å²) in [6, 6.07) is 13.2. The number of nitrogens with one attached hydrogen (secondary N) is 1. The van der Waals surface area contributed by atoms with Crippen LogP contribution in [-0.2, 0) is 13.1 Å². The number of methoxy groups -OCH3 is 1. The van der Waals surface area contributed by atoms with Crippen LogP contribution in [0.2, 0.25) is 5.02 Å². The molecule has 2 aromatic carbocycles. The molecule has 0 unspecified atom stereocenters. The molecule has 5 nitrogen and oxygen atoms in total. The van der Waals surface area contributed by atoms with Crippen molar-refractivity contribution in [2.75, 3.05) is 7.11 Å². The largest absolute Gasteiger partial charge is 0.497 e. The minimum atomic E-state index is -0.124. The highest BCUT2D eigenvalue weighted by molar-refractivity contribution is 6.36. The van der Waals surface area contributed by atoms with Crippen LogP contribution in [0.3, 0.4) is 0 Å². The molecule has 140 valence electrons. The summed E-state index contributed by atoms with van der Waals surface area (Å²) in [6.07, 6.45) is 0.914. The number of ether oxygens (including phenoxy) is 2. The van der Waals surface area contributed by atoms with E-state index in [0.717, 1.165) is 34.4 Å². The summed E-state index contributed by atoms with van der Waals surface area (Å²) in [4.78, 5) is 12.9. The zero-order valence-corrected chi connectivity index (χ0v) is 16.0. The van der Waals surface area contributed by atoms with Crippen LogP contribution in [0.1, 0.15) is 29.4 Å². The molecular weight excluding hydrogens is 364 g/mol. The van der Waals surface area contributed by atoms with Gasteiger partial charge in [0.05, 0.1) is 24.2 Å². The fourth-order valence-corrected chi connectivity index (χ4v) is 3.64. The van der Waals surface area contributed by atoms with Crippen LogP contribution in [-0.4, -0.2) is 23.7 Å². The van der Waals surface area contributed by atoms with Gasteiger partial charge >= 0.3 is 0 Å². The number of carbonyl (C=O) groups is 1. The van der Waals surface area contributed by atoms with Crippen LogP contribution in [0, 0.1) is 0 Å². The Morgan fingerprint density at radius 2 is 2.07 bits per heavy atom. The third-order valence-corrected chi connectivity index (χ3v) is 5.28. The lowest BCUT2D eigenvalue weighted by molar-refractivity contribution is 0.0935. The van der Waals surface area contributed by atoms with E-state index in [4.69, 9.17) is 21.1 Å². The van der Waals surface area contributed by atoms with Gasteiger partial charge in [-0.25, -0.2) is 0 Å². The molecule has 0 radical (unpaired) electrons. The molecule has 0 saturated heterocycles. The maximum Gasteiger partial charge on any atom is 0.268 e. The van der Waals surface area contributed by atoms with E-state index in [2.05, 4.69) is 12.2 Å². The van der Waals surface area contributed by atoms with Crippen molar-refractivity contribution in [1.29, 1.82) is 0 Å². The van der Waals surface area contributed by atoms with E-state index in [1.807, 2.05) is 47.0 Å². The van der Waals surface area contributed by atoms with Crippen molar-refractivity contribution >= 4 is 28.4 Å².